The minimum Gasteiger partial charge on any atom is -0.493 e. The number of hydrogen-bond acceptors (Lipinski definition) is 5. The van der Waals surface area contributed by atoms with Crippen molar-refractivity contribution in [1.82, 2.24) is 0 Å². The van der Waals surface area contributed by atoms with Gasteiger partial charge in [-0.1, -0.05) is 0 Å². The van der Waals surface area contributed by atoms with Crippen LogP contribution in [0.4, 0.5) is 5.69 Å². The zero-order valence-corrected chi connectivity index (χ0v) is 10.8. The number of esters is 1. The smallest absolute Gasteiger partial charge is 0.341 e. The summed E-state index contributed by atoms with van der Waals surface area (Å²) in [5.41, 5.74) is 6.49. The van der Waals surface area contributed by atoms with Crippen LogP contribution in [0.5, 0.6) is 5.75 Å². The van der Waals surface area contributed by atoms with Crippen molar-refractivity contribution in [3.8, 4) is 5.75 Å². The minimum atomic E-state index is -0.450. The van der Waals surface area contributed by atoms with Crippen LogP contribution in [0.25, 0.3) is 0 Å². The number of rotatable bonds is 7. The van der Waals surface area contributed by atoms with E-state index in [1.807, 2.05) is 0 Å². The molecule has 1 aromatic carbocycles. The number of benzene rings is 1. The summed E-state index contributed by atoms with van der Waals surface area (Å²) in [7, 11) is 2.99. The second-order valence-corrected chi connectivity index (χ2v) is 3.80. The third-order valence-electron chi connectivity index (χ3n) is 2.41. The van der Waals surface area contributed by atoms with Gasteiger partial charge in [-0.05, 0) is 31.0 Å². The largest absolute Gasteiger partial charge is 0.493 e. The maximum atomic E-state index is 11.5. The van der Waals surface area contributed by atoms with E-state index in [-0.39, 0.29) is 0 Å². The number of unbranched alkanes of at least 4 members (excludes halogenated alkanes) is 1. The van der Waals surface area contributed by atoms with E-state index in [4.69, 9.17) is 15.2 Å². The van der Waals surface area contributed by atoms with Crippen molar-refractivity contribution in [3.05, 3.63) is 23.8 Å². The molecule has 0 aliphatic heterocycles. The van der Waals surface area contributed by atoms with E-state index in [1.165, 1.54) is 7.11 Å². The van der Waals surface area contributed by atoms with E-state index in [0.717, 1.165) is 12.8 Å². The van der Waals surface area contributed by atoms with Crippen molar-refractivity contribution in [3.63, 3.8) is 0 Å². The van der Waals surface area contributed by atoms with Gasteiger partial charge < -0.3 is 19.9 Å². The van der Waals surface area contributed by atoms with Crippen LogP contribution in [0.2, 0.25) is 0 Å². The van der Waals surface area contributed by atoms with E-state index >= 15 is 0 Å². The summed E-state index contributed by atoms with van der Waals surface area (Å²) in [6.45, 7) is 1.23. The van der Waals surface area contributed by atoms with Gasteiger partial charge in [-0.25, -0.2) is 4.79 Å². The fourth-order valence-electron chi connectivity index (χ4n) is 1.47. The molecule has 0 atom stereocenters. The Labute approximate surface area is 107 Å². The standard InChI is InChI=1S/C13H19NO4/c1-16-7-3-4-8-18-12-6-5-10(14)9-11(12)13(15)17-2/h5-6,9H,3-4,7-8,14H2,1-2H3. The van der Waals surface area contributed by atoms with Gasteiger partial charge in [-0.2, -0.15) is 0 Å². The first-order chi connectivity index (χ1) is 8.69. The SMILES string of the molecule is COCCCCOc1ccc(N)cc1C(=O)OC. The maximum Gasteiger partial charge on any atom is 0.341 e. The first kappa shape index (κ1) is 14.3. The van der Waals surface area contributed by atoms with Gasteiger partial charge in [-0.3, -0.25) is 0 Å². The van der Waals surface area contributed by atoms with Crippen molar-refractivity contribution in [2.75, 3.05) is 33.2 Å². The first-order valence-corrected chi connectivity index (χ1v) is 5.78. The number of ether oxygens (including phenoxy) is 3. The van der Waals surface area contributed by atoms with Crippen molar-refractivity contribution in [2.45, 2.75) is 12.8 Å². The van der Waals surface area contributed by atoms with Gasteiger partial charge in [0, 0.05) is 19.4 Å². The molecule has 0 radical (unpaired) electrons. The van der Waals surface area contributed by atoms with Gasteiger partial charge in [0.05, 0.1) is 13.7 Å². The monoisotopic (exact) mass is 253 g/mol. The molecule has 100 valence electrons. The average molecular weight is 253 g/mol. The molecule has 0 amide bonds. The summed E-state index contributed by atoms with van der Waals surface area (Å²) < 4.78 is 15.2. The lowest BCUT2D eigenvalue weighted by Gasteiger charge is -2.10. The Kier molecular flexibility index (Phi) is 6.00. The highest BCUT2D eigenvalue weighted by Crippen LogP contribution is 2.22. The van der Waals surface area contributed by atoms with Crippen molar-refractivity contribution >= 4 is 11.7 Å². The lowest BCUT2D eigenvalue weighted by Crippen LogP contribution is -2.08. The van der Waals surface area contributed by atoms with Crippen molar-refractivity contribution in [1.29, 1.82) is 0 Å². The fourth-order valence-corrected chi connectivity index (χ4v) is 1.47. The summed E-state index contributed by atoms with van der Waals surface area (Å²) in [6, 6.07) is 4.92. The Bertz CT molecular complexity index is 393. The molecule has 0 aromatic heterocycles. The molecular formula is C13H19NO4. The molecule has 18 heavy (non-hydrogen) atoms. The second-order valence-electron chi connectivity index (χ2n) is 3.80. The Morgan fingerprint density at radius 2 is 1.94 bits per heavy atom. The van der Waals surface area contributed by atoms with Gasteiger partial charge >= 0.3 is 5.97 Å². The Morgan fingerprint density at radius 1 is 1.22 bits per heavy atom. The molecule has 0 heterocycles. The van der Waals surface area contributed by atoms with Crippen LogP contribution in [-0.2, 0) is 9.47 Å². The summed E-state index contributed by atoms with van der Waals surface area (Å²) in [5.74, 6) is 0.0441. The summed E-state index contributed by atoms with van der Waals surface area (Å²) in [4.78, 5) is 11.5. The van der Waals surface area contributed by atoms with E-state index in [9.17, 15) is 4.79 Å². The average Bonchev–Trinajstić information content (AvgIpc) is 2.39. The zero-order chi connectivity index (χ0) is 13.4. The van der Waals surface area contributed by atoms with Crippen LogP contribution in [-0.4, -0.2) is 33.4 Å². The Morgan fingerprint density at radius 3 is 2.61 bits per heavy atom. The van der Waals surface area contributed by atoms with Gasteiger partial charge in [0.1, 0.15) is 11.3 Å². The predicted octanol–water partition coefficient (Wildman–Crippen LogP) is 1.86. The van der Waals surface area contributed by atoms with E-state index < -0.39 is 5.97 Å². The number of carbonyl (C=O) groups is 1. The summed E-state index contributed by atoms with van der Waals surface area (Å²) >= 11 is 0. The number of carbonyl (C=O) groups excluding carboxylic acids is 1. The molecule has 0 fully saturated rings. The van der Waals surface area contributed by atoms with Gasteiger partial charge in [0.25, 0.3) is 0 Å². The highest BCUT2D eigenvalue weighted by molar-refractivity contribution is 5.93. The molecule has 0 unspecified atom stereocenters. The molecule has 0 spiro atoms. The molecule has 0 aliphatic rings. The number of methoxy groups -OCH3 is 2. The highest BCUT2D eigenvalue weighted by Gasteiger charge is 2.13. The van der Waals surface area contributed by atoms with Crippen molar-refractivity contribution < 1.29 is 19.0 Å². The van der Waals surface area contributed by atoms with Crippen LogP contribution in [0.1, 0.15) is 23.2 Å². The molecular weight excluding hydrogens is 234 g/mol. The molecule has 0 bridgehead atoms. The molecule has 0 aliphatic carbocycles. The van der Waals surface area contributed by atoms with E-state index in [1.54, 1.807) is 25.3 Å². The molecule has 2 N–H and O–H groups in total. The molecule has 0 saturated heterocycles. The van der Waals surface area contributed by atoms with Gasteiger partial charge in [0.15, 0.2) is 0 Å². The lowest BCUT2D eigenvalue weighted by molar-refractivity contribution is 0.0596. The van der Waals surface area contributed by atoms with Crippen LogP contribution in [0.3, 0.4) is 0 Å². The van der Waals surface area contributed by atoms with Gasteiger partial charge in [0.2, 0.25) is 0 Å². The fraction of sp³-hybridized carbons (Fsp3) is 0.462. The third kappa shape index (κ3) is 4.25. The Balaban J connectivity index is 2.61. The first-order valence-electron chi connectivity index (χ1n) is 5.78. The van der Waals surface area contributed by atoms with Gasteiger partial charge in [-0.15, -0.1) is 0 Å². The van der Waals surface area contributed by atoms with Crippen LogP contribution < -0.4 is 10.5 Å². The second kappa shape index (κ2) is 7.55. The minimum absolute atomic E-state index is 0.351. The number of anilines is 1. The van der Waals surface area contributed by atoms with E-state index in [0.29, 0.717) is 30.2 Å². The third-order valence-corrected chi connectivity index (χ3v) is 2.41. The van der Waals surface area contributed by atoms with Crippen LogP contribution in [0, 0.1) is 0 Å². The number of hydrogen-bond donors (Lipinski definition) is 1. The normalized spacial score (nSPS) is 10.1. The lowest BCUT2D eigenvalue weighted by atomic mass is 10.2. The molecule has 1 aromatic rings. The summed E-state index contributed by atoms with van der Waals surface area (Å²) in [6.07, 6.45) is 1.78. The highest BCUT2D eigenvalue weighted by atomic mass is 16.5. The van der Waals surface area contributed by atoms with Crippen molar-refractivity contribution in [2.24, 2.45) is 0 Å². The predicted molar refractivity (Wildman–Crippen MR) is 68.8 cm³/mol. The quantitative estimate of drug-likeness (QED) is 0.456. The topological polar surface area (TPSA) is 70.8 Å². The van der Waals surface area contributed by atoms with E-state index in [2.05, 4.69) is 4.74 Å². The number of nitrogens with two attached hydrogens (primary N) is 1. The molecule has 1 rings (SSSR count). The Hall–Kier alpha value is -1.75. The molecule has 5 heteroatoms. The molecule has 5 nitrogen and oxygen atoms in total. The zero-order valence-electron chi connectivity index (χ0n) is 10.8. The summed E-state index contributed by atoms with van der Waals surface area (Å²) in [5, 5.41) is 0. The van der Waals surface area contributed by atoms with Crippen LogP contribution in [0.15, 0.2) is 18.2 Å². The molecule has 0 saturated carbocycles. The van der Waals surface area contributed by atoms with Crippen LogP contribution >= 0.6 is 0 Å². The maximum absolute atomic E-state index is 11.5. The number of nitrogen functional groups attached to an aromatic ring is 1.